The largest absolute Gasteiger partial charge is 0.481 e. The highest BCUT2D eigenvalue weighted by Gasteiger charge is 2.53. The summed E-state index contributed by atoms with van der Waals surface area (Å²) in [6.07, 6.45) is 5.13. The Hall–Kier alpha value is -0.830. The van der Waals surface area contributed by atoms with Gasteiger partial charge in [0.25, 0.3) is 0 Å². The summed E-state index contributed by atoms with van der Waals surface area (Å²) >= 11 is 0. The minimum absolute atomic E-state index is 0.213. The number of carbonyl (C=O) groups is 1. The maximum atomic E-state index is 11.1. The second kappa shape index (κ2) is 2.84. The fourth-order valence-electron chi connectivity index (χ4n) is 2.26. The molecule has 2 fully saturated rings. The fourth-order valence-corrected chi connectivity index (χ4v) is 2.26. The maximum absolute atomic E-state index is 11.1. The van der Waals surface area contributed by atoms with Crippen LogP contribution in [-0.2, 0) is 9.53 Å². The number of carboxylic acids is 1. The van der Waals surface area contributed by atoms with E-state index in [0.29, 0.717) is 18.9 Å². The molecule has 0 aromatic carbocycles. The van der Waals surface area contributed by atoms with Crippen molar-refractivity contribution in [3.63, 3.8) is 0 Å². The monoisotopic (exact) mass is 182 g/mol. The third kappa shape index (κ3) is 1.37. The van der Waals surface area contributed by atoms with Crippen LogP contribution in [0.2, 0.25) is 0 Å². The fraction of sp³-hybridized carbons (Fsp3) is 0.700. The molecule has 3 atom stereocenters. The van der Waals surface area contributed by atoms with Crippen LogP contribution in [0.25, 0.3) is 0 Å². The van der Waals surface area contributed by atoms with Gasteiger partial charge in [0.15, 0.2) is 0 Å². The van der Waals surface area contributed by atoms with Crippen LogP contribution >= 0.6 is 0 Å². The number of ether oxygens (including phenoxy) is 1. The number of aliphatic carboxylic acids is 1. The van der Waals surface area contributed by atoms with E-state index < -0.39 is 11.4 Å². The lowest BCUT2D eigenvalue weighted by Gasteiger charge is -2.29. The van der Waals surface area contributed by atoms with Crippen molar-refractivity contribution in [3.05, 3.63) is 12.7 Å². The Morgan fingerprint density at radius 1 is 1.69 bits per heavy atom. The molecule has 1 N–H and O–H groups in total. The van der Waals surface area contributed by atoms with Crippen LogP contribution in [0, 0.1) is 5.41 Å². The van der Waals surface area contributed by atoms with Gasteiger partial charge in [-0.15, -0.1) is 6.58 Å². The van der Waals surface area contributed by atoms with Crippen LogP contribution in [0.15, 0.2) is 12.7 Å². The average molecular weight is 182 g/mol. The van der Waals surface area contributed by atoms with Crippen LogP contribution < -0.4 is 0 Å². The molecule has 3 unspecified atom stereocenters. The van der Waals surface area contributed by atoms with E-state index in [2.05, 4.69) is 6.58 Å². The van der Waals surface area contributed by atoms with Gasteiger partial charge in [0, 0.05) is 0 Å². The van der Waals surface area contributed by atoms with Crippen molar-refractivity contribution in [1.29, 1.82) is 0 Å². The lowest BCUT2D eigenvalue weighted by molar-refractivity contribution is -0.150. The zero-order valence-corrected chi connectivity index (χ0v) is 7.53. The van der Waals surface area contributed by atoms with Gasteiger partial charge in [-0.25, -0.2) is 0 Å². The summed E-state index contributed by atoms with van der Waals surface area (Å²) in [4.78, 5) is 11.1. The van der Waals surface area contributed by atoms with Crippen molar-refractivity contribution in [2.24, 2.45) is 5.41 Å². The quantitative estimate of drug-likeness (QED) is 0.532. The van der Waals surface area contributed by atoms with Crippen molar-refractivity contribution in [2.45, 2.75) is 37.9 Å². The highest BCUT2D eigenvalue weighted by molar-refractivity contribution is 5.75. The van der Waals surface area contributed by atoms with Gasteiger partial charge in [0.05, 0.1) is 17.6 Å². The molecule has 1 aliphatic carbocycles. The third-order valence-electron chi connectivity index (χ3n) is 3.18. The smallest absolute Gasteiger partial charge is 0.310 e. The van der Waals surface area contributed by atoms with Gasteiger partial charge in [-0.1, -0.05) is 6.08 Å². The molecule has 2 aliphatic rings. The van der Waals surface area contributed by atoms with E-state index in [1.165, 1.54) is 0 Å². The molecule has 3 heteroatoms. The minimum atomic E-state index is -0.693. The summed E-state index contributed by atoms with van der Waals surface area (Å²) in [5.41, 5.74) is -0.584. The van der Waals surface area contributed by atoms with Gasteiger partial charge < -0.3 is 9.84 Å². The molecule has 0 bridgehead atoms. The molecule has 3 nitrogen and oxygen atoms in total. The average Bonchev–Trinajstić information content (AvgIpc) is 2.82. The summed E-state index contributed by atoms with van der Waals surface area (Å²) in [7, 11) is 0. The predicted octanol–water partition coefficient (Wildman–Crippen LogP) is 1.58. The van der Waals surface area contributed by atoms with Crippen LogP contribution in [-0.4, -0.2) is 23.3 Å². The molecule has 0 aromatic heterocycles. The zero-order chi connectivity index (χ0) is 9.47. The van der Waals surface area contributed by atoms with Crippen molar-refractivity contribution >= 4 is 5.97 Å². The van der Waals surface area contributed by atoms with Gasteiger partial charge in [-0.05, 0) is 25.7 Å². The normalized spacial score (nSPS) is 42.2. The lowest BCUT2D eigenvalue weighted by atomic mass is 9.72. The number of allylic oxidation sites excluding steroid dienone is 1. The number of rotatable bonds is 3. The standard InChI is InChI=1S/C10H14O3/c1-2-4-10(9(11)12)5-3-7-8(6-10)13-7/h2,7-8H,1,3-6H2,(H,11,12). The number of carboxylic acid groups (broad SMARTS) is 1. The van der Waals surface area contributed by atoms with Gasteiger partial charge in [-0.3, -0.25) is 4.79 Å². The second-order valence-corrected chi connectivity index (χ2v) is 4.03. The minimum Gasteiger partial charge on any atom is -0.481 e. The van der Waals surface area contributed by atoms with Crippen molar-refractivity contribution < 1.29 is 14.6 Å². The molecule has 0 aromatic rings. The number of epoxide rings is 1. The first-order chi connectivity index (χ1) is 6.18. The Kier molecular flexibility index (Phi) is 1.91. The van der Waals surface area contributed by atoms with E-state index in [4.69, 9.17) is 9.84 Å². The summed E-state index contributed by atoms with van der Waals surface area (Å²) in [6.45, 7) is 3.62. The molecule has 1 heterocycles. The van der Waals surface area contributed by atoms with Crippen LogP contribution in [0.1, 0.15) is 25.7 Å². The summed E-state index contributed by atoms with van der Waals surface area (Å²) in [5, 5.41) is 9.15. The molecule has 1 saturated carbocycles. The van der Waals surface area contributed by atoms with E-state index in [-0.39, 0.29) is 6.10 Å². The summed E-state index contributed by atoms with van der Waals surface area (Å²) in [6, 6.07) is 0. The predicted molar refractivity (Wildman–Crippen MR) is 47.4 cm³/mol. The first-order valence-corrected chi connectivity index (χ1v) is 4.68. The van der Waals surface area contributed by atoms with Gasteiger partial charge in [0.2, 0.25) is 0 Å². The maximum Gasteiger partial charge on any atom is 0.310 e. The van der Waals surface area contributed by atoms with Gasteiger partial charge in [0.1, 0.15) is 0 Å². The molecule has 1 saturated heterocycles. The summed E-state index contributed by atoms with van der Waals surface area (Å²) in [5.74, 6) is -0.693. The molecule has 13 heavy (non-hydrogen) atoms. The number of hydrogen-bond donors (Lipinski definition) is 1. The highest BCUT2D eigenvalue weighted by atomic mass is 16.6. The van der Waals surface area contributed by atoms with E-state index in [1.807, 2.05) is 0 Å². The summed E-state index contributed by atoms with van der Waals surface area (Å²) < 4.78 is 5.33. The SMILES string of the molecule is C=CCC1(C(=O)O)CCC2OC2C1. The molecule has 2 rings (SSSR count). The first-order valence-electron chi connectivity index (χ1n) is 4.68. The topological polar surface area (TPSA) is 49.8 Å². The van der Waals surface area contributed by atoms with Crippen molar-refractivity contribution in [1.82, 2.24) is 0 Å². The van der Waals surface area contributed by atoms with Crippen LogP contribution in [0.3, 0.4) is 0 Å². The lowest BCUT2D eigenvalue weighted by Crippen LogP contribution is -2.35. The van der Waals surface area contributed by atoms with Crippen molar-refractivity contribution in [3.8, 4) is 0 Å². The molecular weight excluding hydrogens is 168 g/mol. The Morgan fingerprint density at radius 3 is 3.00 bits per heavy atom. The molecule has 0 amide bonds. The molecule has 72 valence electrons. The van der Waals surface area contributed by atoms with E-state index >= 15 is 0 Å². The molecule has 1 aliphatic heterocycles. The molecular formula is C10H14O3. The third-order valence-corrected chi connectivity index (χ3v) is 3.18. The molecule has 0 radical (unpaired) electrons. The Bertz CT molecular complexity index is 249. The van der Waals surface area contributed by atoms with E-state index in [0.717, 1.165) is 12.8 Å². The molecule has 0 spiro atoms. The van der Waals surface area contributed by atoms with Gasteiger partial charge in [-0.2, -0.15) is 0 Å². The van der Waals surface area contributed by atoms with Crippen LogP contribution in [0.4, 0.5) is 0 Å². The van der Waals surface area contributed by atoms with E-state index in [9.17, 15) is 4.79 Å². The van der Waals surface area contributed by atoms with E-state index in [1.54, 1.807) is 6.08 Å². The number of fused-ring (bicyclic) bond motifs is 1. The van der Waals surface area contributed by atoms with Crippen LogP contribution in [0.5, 0.6) is 0 Å². The van der Waals surface area contributed by atoms with Crippen molar-refractivity contribution in [2.75, 3.05) is 0 Å². The number of hydrogen-bond acceptors (Lipinski definition) is 2. The Morgan fingerprint density at radius 2 is 2.46 bits per heavy atom. The van der Waals surface area contributed by atoms with Gasteiger partial charge >= 0.3 is 5.97 Å². The Balaban J connectivity index is 2.12. The second-order valence-electron chi connectivity index (χ2n) is 4.03. The highest BCUT2D eigenvalue weighted by Crippen LogP contribution is 2.48. The zero-order valence-electron chi connectivity index (χ0n) is 7.53. The first kappa shape index (κ1) is 8.75. The Labute approximate surface area is 77.4 Å².